The van der Waals surface area contributed by atoms with E-state index in [0.717, 1.165) is 21.5 Å². The molecule has 14 heavy (non-hydrogen) atoms. The minimum atomic E-state index is 0.394. The molecule has 1 heterocycles. The van der Waals surface area contributed by atoms with Crippen molar-refractivity contribution >= 4 is 22.5 Å². The van der Waals surface area contributed by atoms with E-state index in [1.807, 2.05) is 36.0 Å². The van der Waals surface area contributed by atoms with Gasteiger partial charge in [0, 0.05) is 24.2 Å². The molecule has 3 nitrogen and oxygen atoms in total. The number of nitrogens with zero attached hydrogens (tertiary/aromatic N) is 1. The molecule has 0 saturated heterocycles. The number of hydrogen-bond donors (Lipinski definition) is 1. The summed E-state index contributed by atoms with van der Waals surface area (Å²) in [7, 11) is 1.95. The average molecular weight is 211 g/mol. The van der Waals surface area contributed by atoms with E-state index in [1.54, 1.807) is 0 Å². The lowest BCUT2D eigenvalue weighted by molar-refractivity contribution is 0.125. The maximum Gasteiger partial charge on any atom is 0.0950 e. The van der Waals surface area contributed by atoms with E-state index >= 15 is 0 Å². The molecule has 4 heteroatoms. The van der Waals surface area contributed by atoms with Crippen LogP contribution in [0.1, 0.15) is 5.56 Å². The Morgan fingerprint density at radius 2 is 2.29 bits per heavy atom. The molecule has 1 aromatic heterocycles. The highest BCUT2D eigenvalue weighted by atomic mass is 35.5. The van der Waals surface area contributed by atoms with Crippen LogP contribution >= 0.6 is 11.6 Å². The van der Waals surface area contributed by atoms with Crippen molar-refractivity contribution in [3.05, 3.63) is 35.0 Å². The maximum absolute atomic E-state index is 6.06. The van der Waals surface area contributed by atoms with Crippen LogP contribution in [0.5, 0.6) is 0 Å². The van der Waals surface area contributed by atoms with Crippen LogP contribution in [0.3, 0.4) is 0 Å². The minimum Gasteiger partial charge on any atom is -0.349 e. The molecule has 0 saturated carbocycles. The fraction of sp³-hybridized carbons (Fsp3) is 0.200. The molecule has 0 bridgehead atoms. The zero-order valence-corrected chi connectivity index (χ0v) is 8.58. The molecule has 0 spiro atoms. The smallest absolute Gasteiger partial charge is 0.0950 e. The summed E-state index contributed by atoms with van der Waals surface area (Å²) in [5.74, 6) is 5.07. The fourth-order valence-corrected chi connectivity index (χ4v) is 2.01. The van der Waals surface area contributed by atoms with Gasteiger partial charge >= 0.3 is 0 Å². The van der Waals surface area contributed by atoms with Gasteiger partial charge in [-0.3, -0.25) is 4.84 Å². The van der Waals surface area contributed by atoms with E-state index in [2.05, 4.69) is 4.84 Å². The molecular formula is C10H11ClN2O. The summed E-state index contributed by atoms with van der Waals surface area (Å²) >= 11 is 6.06. The Balaban J connectivity index is 2.72. The van der Waals surface area contributed by atoms with E-state index in [4.69, 9.17) is 17.5 Å². The number of aromatic nitrogens is 1. The molecule has 1 aromatic carbocycles. The molecule has 0 atom stereocenters. The van der Waals surface area contributed by atoms with Gasteiger partial charge in [0.15, 0.2) is 0 Å². The third-order valence-electron chi connectivity index (χ3n) is 2.28. The zero-order valence-electron chi connectivity index (χ0n) is 7.83. The van der Waals surface area contributed by atoms with Gasteiger partial charge in [0.05, 0.1) is 17.1 Å². The van der Waals surface area contributed by atoms with Crippen molar-refractivity contribution in [1.29, 1.82) is 0 Å². The second-order valence-electron chi connectivity index (χ2n) is 3.21. The van der Waals surface area contributed by atoms with Crippen LogP contribution in [-0.2, 0) is 18.5 Å². The van der Waals surface area contributed by atoms with Crippen LogP contribution in [0.25, 0.3) is 10.9 Å². The molecule has 2 aromatic rings. The van der Waals surface area contributed by atoms with Gasteiger partial charge in [0.1, 0.15) is 0 Å². The van der Waals surface area contributed by atoms with Crippen molar-refractivity contribution in [3.8, 4) is 0 Å². The largest absolute Gasteiger partial charge is 0.349 e. The molecule has 0 aliphatic carbocycles. The Bertz CT molecular complexity index is 464. The third kappa shape index (κ3) is 1.39. The highest BCUT2D eigenvalue weighted by molar-refractivity contribution is 6.35. The van der Waals surface area contributed by atoms with Crippen molar-refractivity contribution in [2.24, 2.45) is 12.9 Å². The first-order valence-electron chi connectivity index (χ1n) is 4.28. The molecule has 74 valence electrons. The predicted molar refractivity (Wildman–Crippen MR) is 56.9 cm³/mol. The summed E-state index contributed by atoms with van der Waals surface area (Å²) in [6.07, 6.45) is 1.88. The zero-order chi connectivity index (χ0) is 10.1. The summed E-state index contributed by atoms with van der Waals surface area (Å²) in [4.78, 5) is 4.64. The monoisotopic (exact) mass is 210 g/mol. The van der Waals surface area contributed by atoms with E-state index in [0.29, 0.717) is 6.61 Å². The Morgan fingerprint density at radius 1 is 1.50 bits per heavy atom. The van der Waals surface area contributed by atoms with Crippen LogP contribution in [0.15, 0.2) is 24.4 Å². The molecule has 0 radical (unpaired) electrons. The van der Waals surface area contributed by atoms with Crippen molar-refractivity contribution in [1.82, 2.24) is 4.57 Å². The number of rotatable bonds is 2. The summed E-state index contributed by atoms with van der Waals surface area (Å²) < 4.78 is 1.98. The third-order valence-corrected chi connectivity index (χ3v) is 2.58. The van der Waals surface area contributed by atoms with E-state index < -0.39 is 0 Å². The summed E-state index contributed by atoms with van der Waals surface area (Å²) in [5, 5.41) is 1.78. The summed E-state index contributed by atoms with van der Waals surface area (Å²) in [5.41, 5.74) is 2.11. The highest BCUT2D eigenvalue weighted by Crippen LogP contribution is 2.27. The van der Waals surface area contributed by atoms with Crippen LogP contribution in [0.2, 0.25) is 5.02 Å². The van der Waals surface area contributed by atoms with Crippen LogP contribution < -0.4 is 5.90 Å². The Hall–Kier alpha value is -1.03. The van der Waals surface area contributed by atoms with Gasteiger partial charge in [-0.05, 0) is 0 Å². The molecular weight excluding hydrogens is 200 g/mol. The summed E-state index contributed by atoms with van der Waals surface area (Å²) in [6.45, 7) is 0.394. The number of halogens is 1. The molecule has 0 amide bonds. The second-order valence-corrected chi connectivity index (χ2v) is 3.62. The summed E-state index contributed by atoms with van der Waals surface area (Å²) in [6, 6.07) is 5.91. The highest BCUT2D eigenvalue weighted by Gasteiger charge is 2.08. The van der Waals surface area contributed by atoms with Crippen molar-refractivity contribution in [2.75, 3.05) is 0 Å². The van der Waals surface area contributed by atoms with Crippen molar-refractivity contribution in [3.63, 3.8) is 0 Å². The first-order chi connectivity index (χ1) is 6.74. The van der Waals surface area contributed by atoms with Gasteiger partial charge in [-0.25, -0.2) is 5.90 Å². The Morgan fingerprint density at radius 3 is 3.00 bits per heavy atom. The van der Waals surface area contributed by atoms with Crippen LogP contribution in [-0.4, -0.2) is 4.57 Å². The van der Waals surface area contributed by atoms with E-state index in [9.17, 15) is 0 Å². The van der Waals surface area contributed by atoms with Gasteiger partial charge in [0.2, 0.25) is 0 Å². The van der Waals surface area contributed by atoms with Crippen molar-refractivity contribution < 1.29 is 4.84 Å². The van der Waals surface area contributed by atoms with Crippen molar-refractivity contribution in [2.45, 2.75) is 6.61 Å². The Labute approximate surface area is 87.0 Å². The molecule has 0 unspecified atom stereocenters. The number of para-hydroxylation sites is 1. The van der Waals surface area contributed by atoms with Gasteiger partial charge in [-0.2, -0.15) is 0 Å². The first kappa shape index (κ1) is 9.52. The molecule has 2 rings (SSSR count). The van der Waals surface area contributed by atoms with Crippen LogP contribution in [0.4, 0.5) is 0 Å². The normalized spacial score (nSPS) is 11.1. The Kier molecular flexibility index (Phi) is 2.46. The first-order valence-corrected chi connectivity index (χ1v) is 4.66. The van der Waals surface area contributed by atoms with Gasteiger partial charge < -0.3 is 4.57 Å². The topological polar surface area (TPSA) is 40.2 Å². The molecule has 0 aliphatic heterocycles. The lowest BCUT2D eigenvalue weighted by Crippen LogP contribution is -2.00. The lowest BCUT2D eigenvalue weighted by atomic mass is 10.1. The second kappa shape index (κ2) is 3.61. The number of aryl methyl sites for hydroxylation is 1. The maximum atomic E-state index is 6.06. The van der Waals surface area contributed by atoms with E-state index in [-0.39, 0.29) is 0 Å². The molecule has 0 aliphatic rings. The van der Waals surface area contributed by atoms with Gasteiger partial charge in [-0.15, -0.1) is 0 Å². The predicted octanol–water partition coefficient (Wildman–Crippen LogP) is 2.22. The van der Waals surface area contributed by atoms with Gasteiger partial charge in [0.25, 0.3) is 0 Å². The van der Waals surface area contributed by atoms with E-state index in [1.165, 1.54) is 0 Å². The number of nitrogens with two attached hydrogens (primary N) is 1. The SMILES string of the molecule is Cn1cc(Cl)c2cccc(CON)c21. The molecule has 2 N–H and O–H groups in total. The average Bonchev–Trinajstić information content (AvgIpc) is 2.44. The standard InChI is InChI=1S/C10H11ClN2O/c1-13-5-9(11)8-4-2-3-7(6-14-12)10(8)13/h2-5H,6,12H2,1H3. The lowest BCUT2D eigenvalue weighted by Gasteiger charge is -2.03. The fourth-order valence-electron chi connectivity index (χ4n) is 1.71. The quantitative estimate of drug-likeness (QED) is 0.773. The minimum absolute atomic E-state index is 0.394. The molecule has 0 fully saturated rings. The van der Waals surface area contributed by atoms with Crippen LogP contribution in [0, 0.1) is 0 Å². The number of hydrogen-bond acceptors (Lipinski definition) is 2. The van der Waals surface area contributed by atoms with Gasteiger partial charge in [-0.1, -0.05) is 29.8 Å². The number of fused-ring (bicyclic) bond motifs is 1. The number of benzene rings is 1.